The Morgan fingerprint density at radius 2 is 1.92 bits per heavy atom. The molecule has 0 aliphatic heterocycles. The number of halogens is 2. The molecule has 1 aromatic heterocycles. The largest absolute Gasteiger partial charge is 0.487 e. The van der Waals surface area contributed by atoms with Crippen LogP contribution in [0.15, 0.2) is 66.9 Å². The summed E-state index contributed by atoms with van der Waals surface area (Å²) >= 11 is 8.09. The van der Waals surface area contributed by atoms with Crippen LogP contribution < -0.4 is 10.1 Å². The molecule has 4 nitrogen and oxygen atoms in total. The van der Waals surface area contributed by atoms with Gasteiger partial charge in [0.1, 0.15) is 12.4 Å². The number of amides is 1. The molecule has 3 rings (SSSR count). The highest BCUT2D eigenvalue weighted by Gasteiger charge is 2.10. The van der Waals surface area contributed by atoms with Gasteiger partial charge in [-0.2, -0.15) is 0 Å². The maximum atomic E-state index is 12.3. The molecule has 1 N–H and O–H groups in total. The molecule has 26 heavy (non-hydrogen) atoms. The molecule has 0 radical (unpaired) electrons. The number of nitrogens with zero attached hydrogens (tertiary/aromatic N) is 1. The maximum absolute atomic E-state index is 12.3. The molecule has 6 heteroatoms. The van der Waals surface area contributed by atoms with Gasteiger partial charge in [0, 0.05) is 21.3 Å². The zero-order chi connectivity index (χ0) is 18.4. The highest BCUT2D eigenvalue weighted by atomic mass is 127. The quantitative estimate of drug-likeness (QED) is 0.516. The van der Waals surface area contributed by atoms with Crippen LogP contribution in [0.4, 0.5) is 0 Å². The minimum atomic E-state index is -0.146. The van der Waals surface area contributed by atoms with Crippen molar-refractivity contribution in [3.63, 3.8) is 0 Å². The number of hydrogen-bond donors (Lipinski definition) is 1. The fourth-order valence-corrected chi connectivity index (χ4v) is 3.05. The highest BCUT2D eigenvalue weighted by molar-refractivity contribution is 14.1. The molecule has 0 unspecified atom stereocenters. The van der Waals surface area contributed by atoms with Gasteiger partial charge in [-0.3, -0.25) is 9.78 Å². The lowest BCUT2D eigenvalue weighted by Crippen LogP contribution is -2.23. The van der Waals surface area contributed by atoms with E-state index in [2.05, 4.69) is 32.9 Å². The number of aromatic nitrogens is 1. The van der Waals surface area contributed by atoms with E-state index in [-0.39, 0.29) is 5.91 Å². The van der Waals surface area contributed by atoms with E-state index in [1.54, 1.807) is 18.3 Å². The van der Waals surface area contributed by atoms with Gasteiger partial charge in [-0.25, -0.2) is 0 Å². The van der Waals surface area contributed by atoms with E-state index in [4.69, 9.17) is 16.3 Å². The van der Waals surface area contributed by atoms with Crippen LogP contribution in [0.1, 0.15) is 21.6 Å². The summed E-state index contributed by atoms with van der Waals surface area (Å²) in [5, 5.41) is 3.45. The van der Waals surface area contributed by atoms with Gasteiger partial charge in [0.2, 0.25) is 0 Å². The van der Waals surface area contributed by atoms with E-state index in [0.717, 1.165) is 20.6 Å². The molecular weight excluding hydrogens is 463 g/mol. The normalized spacial score (nSPS) is 10.4. The Morgan fingerprint density at radius 3 is 2.65 bits per heavy atom. The van der Waals surface area contributed by atoms with Crippen molar-refractivity contribution in [2.45, 2.75) is 13.2 Å². The van der Waals surface area contributed by atoms with Crippen LogP contribution in [0, 0.1) is 3.57 Å². The Labute approximate surface area is 170 Å². The second-order valence-corrected chi connectivity index (χ2v) is 7.16. The maximum Gasteiger partial charge on any atom is 0.252 e. The average Bonchev–Trinajstić information content (AvgIpc) is 2.68. The second-order valence-electron chi connectivity index (χ2n) is 5.56. The van der Waals surface area contributed by atoms with Gasteiger partial charge in [-0.15, -0.1) is 0 Å². The molecule has 1 heterocycles. The van der Waals surface area contributed by atoms with Gasteiger partial charge < -0.3 is 10.1 Å². The summed E-state index contributed by atoms with van der Waals surface area (Å²) in [6.07, 6.45) is 1.74. The molecule has 1 amide bonds. The van der Waals surface area contributed by atoms with Gasteiger partial charge >= 0.3 is 0 Å². The van der Waals surface area contributed by atoms with Crippen LogP contribution in [0.2, 0.25) is 5.02 Å². The van der Waals surface area contributed by atoms with Crippen molar-refractivity contribution in [1.29, 1.82) is 0 Å². The molecule has 0 aliphatic carbocycles. The number of carbonyl (C=O) groups excluding carboxylic acids is 1. The van der Waals surface area contributed by atoms with Crippen molar-refractivity contribution >= 4 is 40.1 Å². The van der Waals surface area contributed by atoms with Gasteiger partial charge in [-0.05, 0) is 70.6 Å². The summed E-state index contributed by atoms with van der Waals surface area (Å²) in [7, 11) is 0. The summed E-state index contributed by atoms with van der Waals surface area (Å²) < 4.78 is 6.57. The zero-order valence-electron chi connectivity index (χ0n) is 13.8. The topological polar surface area (TPSA) is 51.2 Å². The third-order valence-electron chi connectivity index (χ3n) is 3.66. The van der Waals surface area contributed by atoms with Gasteiger partial charge in [0.05, 0.1) is 11.3 Å². The van der Waals surface area contributed by atoms with Gasteiger partial charge in [0.25, 0.3) is 5.91 Å². The number of carbonyl (C=O) groups is 1. The fourth-order valence-electron chi connectivity index (χ4n) is 2.29. The van der Waals surface area contributed by atoms with E-state index in [0.29, 0.717) is 23.7 Å². The lowest BCUT2D eigenvalue weighted by Gasteiger charge is -2.09. The van der Waals surface area contributed by atoms with Crippen LogP contribution in [0.25, 0.3) is 0 Å². The van der Waals surface area contributed by atoms with Crippen LogP contribution in [0.5, 0.6) is 5.75 Å². The molecule has 3 aromatic rings. The van der Waals surface area contributed by atoms with Crippen LogP contribution in [-0.4, -0.2) is 10.9 Å². The Balaban J connectivity index is 1.54. The minimum Gasteiger partial charge on any atom is -0.487 e. The van der Waals surface area contributed by atoms with E-state index >= 15 is 0 Å². The molecule has 0 atom stereocenters. The molecule has 2 aromatic carbocycles. The summed E-state index contributed by atoms with van der Waals surface area (Å²) in [5.74, 6) is 0.613. The van der Waals surface area contributed by atoms with Crippen LogP contribution in [-0.2, 0) is 13.2 Å². The molecule has 0 aliphatic rings. The summed E-state index contributed by atoms with van der Waals surface area (Å²) in [5.41, 5.74) is 2.44. The van der Waals surface area contributed by atoms with Crippen LogP contribution in [0.3, 0.4) is 0 Å². The summed E-state index contributed by atoms with van der Waals surface area (Å²) in [6.45, 7) is 0.853. The lowest BCUT2D eigenvalue weighted by atomic mass is 10.2. The third kappa shape index (κ3) is 5.19. The number of benzene rings is 2. The van der Waals surface area contributed by atoms with Crippen molar-refractivity contribution in [2.24, 2.45) is 0 Å². The minimum absolute atomic E-state index is 0.146. The predicted octanol–water partition coefficient (Wildman–Crippen LogP) is 4.85. The molecule has 0 saturated heterocycles. The Kier molecular flexibility index (Phi) is 6.46. The van der Waals surface area contributed by atoms with E-state index in [1.165, 1.54) is 0 Å². The molecule has 0 saturated carbocycles. The molecule has 132 valence electrons. The first-order valence-corrected chi connectivity index (χ1v) is 9.42. The van der Waals surface area contributed by atoms with E-state index < -0.39 is 0 Å². The molecule has 0 spiro atoms. The zero-order valence-corrected chi connectivity index (χ0v) is 16.7. The smallest absolute Gasteiger partial charge is 0.252 e. The summed E-state index contributed by atoms with van der Waals surface area (Å²) in [4.78, 5) is 16.5. The van der Waals surface area contributed by atoms with Crippen molar-refractivity contribution < 1.29 is 9.53 Å². The highest BCUT2D eigenvalue weighted by Crippen LogP contribution is 2.18. The van der Waals surface area contributed by atoms with Gasteiger partial charge in [0.15, 0.2) is 0 Å². The fraction of sp³-hybridized carbons (Fsp3) is 0.100. The number of rotatable bonds is 6. The number of hydrogen-bond acceptors (Lipinski definition) is 3. The Bertz CT molecular complexity index is 886. The number of pyridine rings is 1. The van der Waals surface area contributed by atoms with Crippen molar-refractivity contribution in [1.82, 2.24) is 10.3 Å². The Morgan fingerprint density at radius 1 is 1.12 bits per heavy atom. The summed E-state index contributed by atoms with van der Waals surface area (Å²) in [6, 6.07) is 18.6. The molecule has 0 bridgehead atoms. The molecule has 0 fully saturated rings. The van der Waals surface area contributed by atoms with Crippen molar-refractivity contribution in [3.8, 4) is 5.75 Å². The standard InChI is InChI=1S/C20H16ClIN2O2/c21-15-6-9-19(22)18(11-15)20(25)24-12-14-4-7-17(8-5-14)26-13-16-3-1-2-10-23-16/h1-11H,12-13H2,(H,24,25). The van der Waals surface area contributed by atoms with Gasteiger partial charge in [-0.1, -0.05) is 29.8 Å². The third-order valence-corrected chi connectivity index (χ3v) is 4.84. The lowest BCUT2D eigenvalue weighted by molar-refractivity contribution is 0.0950. The van der Waals surface area contributed by atoms with Crippen molar-refractivity contribution in [3.05, 3.63) is 92.3 Å². The van der Waals surface area contributed by atoms with E-state index in [9.17, 15) is 4.79 Å². The second kappa shape index (κ2) is 9.00. The predicted molar refractivity (Wildman–Crippen MR) is 110 cm³/mol. The number of ether oxygens (including phenoxy) is 1. The first kappa shape index (κ1) is 18.7. The monoisotopic (exact) mass is 478 g/mol. The SMILES string of the molecule is O=C(NCc1ccc(OCc2ccccn2)cc1)c1cc(Cl)ccc1I. The van der Waals surface area contributed by atoms with Crippen LogP contribution >= 0.6 is 34.2 Å². The first-order chi connectivity index (χ1) is 12.6. The number of nitrogens with one attached hydrogen (secondary N) is 1. The molecular formula is C20H16ClIN2O2. The average molecular weight is 479 g/mol. The van der Waals surface area contributed by atoms with E-state index in [1.807, 2.05) is 48.5 Å². The Hall–Kier alpha value is -2.12. The first-order valence-electron chi connectivity index (χ1n) is 7.97. The van der Waals surface area contributed by atoms with Crippen molar-refractivity contribution in [2.75, 3.05) is 0 Å².